The van der Waals surface area contributed by atoms with E-state index in [1.54, 1.807) is 24.3 Å². The summed E-state index contributed by atoms with van der Waals surface area (Å²) >= 11 is 0. The van der Waals surface area contributed by atoms with E-state index < -0.39 is 11.8 Å². The van der Waals surface area contributed by atoms with Crippen molar-refractivity contribution in [3.63, 3.8) is 0 Å². The molecule has 1 aromatic carbocycles. The number of fused-ring (bicyclic) bond motifs is 1. The number of carbonyl (C=O) groups is 4. The largest absolute Gasteiger partial charge is 0.329 e. The Balaban J connectivity index is 1.78. The van der Waals surface area contributed by atoms with Crippen LogP contribution in [0.4, 0.5) is 11.4 Å². The molecule has 3 rings (SSSR count). The monoisotopic (exact) mass is 369 g/mol. The zero-order valence-corrected chi connectivity index (χ0v) is 15.6. The summed E-state index contributed by atoms with van der Waals surface area (Å²) in [5, 5.41) is 8.18. The SMILES string of the molecule is CC(=O)Nc1ccc(NC(=O)[C@@H]2CC(=O)NC3=CC(C)(C)CC(=O)[C@@H]32)cc1. The van der Waals surface area contributed by atoms with Crippen LogP contribution < -0.4 is 16.0 Å². The van der Waals surface area contributed by atoms with Crippen LogP contribution in [0.2, 0.25) is 0 Å². The Morgan fingerprint density at radius 1 is 1.07 bits per heavy atom. The third-order valence-electron chi connectivity index (χ3n) is 4.76. The van der Waals surface area contributed by atoms with E-state index in [-0.39, 0.29) is 35.3 Å². The van der Waals surface area contributed by atoms with Gasteiger partial charge in [0.25, 0.3) is 0 Å². The van der Waals surface area contributed by atoms with Gasteiger partial charge >= 0.3 is 0 Å². The van der Waals surface area contributed by atoms with Crippen LogP contribution in [0, 0.1) is 17.3 Å². The highest BCUT2D eigenvalue weighted by atomic mass is 16.2. The maximum Gasteiger partial charge on any atom is 0.229 e. The van der Waals surface area contributed by atoms with Gasteiger partial charge in [0, 0.05) is 36.8 Å². The molecule has 3 N–H and O–H groups in total. The Labute approximate surface area is 157 Å². The second-order valence-corrected chi connectivity index (χ2v) is 7.82. The van der Waals surface area contributed by atoms with E-state index in [1.165, 1.54) is 6.92 Å². The second-order valence-electron chi connectivity index (χ2n) is 7.82. The zero-order valence-electron chi connectivity index (χ0n) is 15.6. The lowest BCUT2D eigenvalue weighted by Gasteiger charge is -2.38. The molecule has 7 heteroatoms. The molecule has 1 aliphatic carbocycles. The van der Waals surface area contributed by atoms with Crippen molar-refractivity contribution in [2.45, 2.75) is 33.6 Å². The number of anilines is 2. The number of hydrogen-bond donors (Lipinski definition) is 3. The van der Waals surface area contributed by atoms with Crippen molar-refractivity contribution >= 4 is 34.9 Å². The van der Waals surface area contributed by atoms with E-state index in [4.69, 9.17) is 0 Å². The predicted octanol–water partition coefficient (Wildman–Crippen LogP) is 2.22. The Bertz CT molecular complexity index is 839. The first kappa shape index (κ1) is 18.8. The Morgan fingerprint density at radius 3 is 2.26 bits per heavy atom. The molecule has 2 aliphatic rings. The molecule has 0 bridgehead atoms. The maximum absolute atomic E-state index is 12.8. The van der Waals surface area contributed by atoms with Gasteiger partial charge in [0.15, 0.2) is 0 Å². The lowest BCUT2D eigenvalue weighted by Crippen LogP contribution is -2.49. The van der Waals surface area contributed by atoms with Gasteiger partial charge in [-0.2, -0.15) is 0 Å². The number of ketones is 1. The van der Waals surface area contributed by atoms with Crippen molar-refractivity contribution < 1.29 is 19.2 Å². The van der Waals surface area contributed by atoms with E-state index in [0.29, 0.717) is 23.5 Å². The molecule has 0 aromatic heterocycles. The van der Waals surface area contributed by atoms with Crippen LogP contribution in [-0.2, 0) is 19.2 Å². The van der Waals surface area contributed by atoms with Crippen molar-refractivity contribution in [1.82, 2.24) is 5.32 Å². The number of piperidine rings is 1. The van der Waals surface area contributed by atoms with Crippen LogP contribution in [0.5, 0.6) is 0 Å². The fraction of sp³-hybridized carbons (Fsp3) is 0.400. The topological polar surface area (TPSA) is 104 Å². The number of nitrogens with one attached hydrogen (secondary N) is 3. The first-order valence-corrected chi connectivity index (χ1v) is 8.88. The summed E-state index contributed by atoms with van der Waals surface area (Å²) in [5.41, 5.74) is 1.35. The Hall–Kier alpha value is -2.96. The van der Waals surface area contributed by atoms with Gasteiger partial charge < -0.3 is 16.0 Å². The Morgan fingerprint density at radius 2 is 1.67 bits per heavy atom. The van der Waals surface area contributed by atoms with Crippen LogP contribution >= 0.6 is 0 Å². The van der Waals surface area contributed by atoms with Crippen molar-refractivity contribution in [1.29, 1.82) is 0 Å². The summed E-state index contributed by atoms with van der Waals surface area (Å²) in [7, 11) is 0. The molecule has 1 aromatic rings. The fourth-order valence-corrected chi connectivity index (χ4v) is 3.70. The quantitative estimate of drug-likeness (QED) is 0.760. The lowest BCUT2D eigenvalue weighted by molar-refractivity contribution is -0.136. The molecule has 7 nitrogen and oxygen atoms in total. The van der Waals surface area contributed by atoms with Crippen LogP contribution in [0.3, 0.4) is 0 Å². The number of rotatable bonds is 3. The van der Waals surface area contributed by atoms with Crippen molar-refractivity contribution in [3.8, 4) is 0 Å². The minimum absolute atomic E-state index is 0.0238. The van der Waals surface area contributed by atoms with Crippen molar-refractivity contribution in [2.75, 3.05) is 10.6 Å². The molecule has 2 atom stereocenters. The summed E-state index contributed by atoms with van der Waals surface area (Å²) in [6, 6.07) is 6.66. The molecule has 0 radical (unpaired) electrons. The molecule has 0 saturated carbocycles. The molecule has 0 unspecified atom stereocenters. The third kappa shape index (κ3) is 4.24. The van der Waals surface area contributed by atoms with Gasteiger partial charge in [0.05, 0.1) is 11.8 Å². The molecule has 1 fully saturated rings. The normalized spacial score (nSPS) is 23.6. The number of allylic oxidation sites excluding steroid dienone is 2. The van der Waals surface area contributed by atoms with Gasteiger partial charge in [-0.25, -0.2) is 0 Å². The van der Waals surface area contributed by atoms with E-state index in [9.17, 15) is 19.2 Å². The summed E-state index contributed by atoms with van der Waals surface area (Å²) in [5.74, 6) is -2.18. The van der Waals surface area contributed by atoms with E-state index in [2.05, 4.69) is 16.0 Å². The maximum atomic E-state index is 12.8. The van der Waals surface area contributed by atoms with Crippen LogP contribution in [-0.4, -0.2) is 23.5 Å². The van der Waals surface area contributed by atoms with E-state index in [1.807, 2.05) is 19.9 Å². The van der Waals surface area contributed by atoms with Crippen LogP contribution in [0.25, 0.3) is 0 Å². The third-order valence-corrected chi connectivity index (χ3v) is 4.76. The highest BCUT2D eigenvalue weighted by Crippen LogP contribution is 2.40. The summed E-state index contributed by atoms with van der Waals surface area (Å²) in [6.07, 6.45) is 2.20. The molecule has 1 heterocycles. The number of amides is 3. The highest BCUT2D eigenvalue weighted by Gasteiger charge is 2.45. The van der Waals surface area contributed by atoms with Gasteiger partial charge in [0.2, 0.25) is 17.7 Å². The molecule has 1 saturated heterocycles. The summed E-state index contributed by atoms with van der Waals surface area (Å²) in [6.45, 7) is 5.28. The predicted molar refractivity (Wildman–Crippen MR) is 101 cm³/mol. The summed E-state index contributed by atoms with van der Waals surface area (Å²) in [4.78, 5) is 48.6. The average molecular weight is 369 g/mol. The molecule has 142 valence electrons. The molecule has 27 heavy (non-hydrogen) atoms. The molecule has 1 aliphatic heterocycles. The second kappa shape index (κ2) is 6.98. The molecular weight excluding hydrogens is 346 g/mol. The van der Waals surface area contributed by atoms with Crippen LogP contribution in [0.1, 0.15) is 33.6 Å². The standard InChI is InChI=1S/C20H23N3O4/c1-11(24)21-12-4-6-13(7-5-12)22-19(27)14-8-17(26)23-15-9-20(2,3)10-16(25)18(14)15/h4-7,9,14,18H,8,10H2,1-3H3,(H,21,24)(H,22,27)(H,23,26)/t14-,18-/m1/s1. The van der Waals surface area contributed by atoms with Crippen LogP contribution in [0.15, 0.2) is 36.0 Å². The Kier molecular flexibility index (Phi) is 4.87. The number of Topliss-reactive ketones (excluding diaryl/α,β-unsaturated/α-hetero) is 1. The minimum Gasteiger partial charge on any atom is -0.329 e. The number of carbonyl (C=O) groups excluding carboxylic acids is 4. The molecule has 3 amide bonds. The first-order chi connectivity index (χ1) is 12.6. The van der Waals surface area contributed by atoms with E-state index in [0.717, 1.165) is 0 Å². The van der Waals surface area contributed by atoms with Crippen molar-refractivity contribution in [2.24, 2.45) is 17.3 Å². The smallest absolute Gasteiger partial charge is 0.229 e. The number of hydrogen-bond acceptors (Lipinski definition) is 4. The number of benzene rings is 1. The van der Waals surface area contributed by atoms with Gasteiger partial charge in [-0.15, -0.1) is 0 Å². The average Bonchev–Trinajstić information content (AvgIpc) is 2.53. The highest BCUT2D eigenvalue weighted by molar-refractivity contribution is 6.02. The van der Waals surface area contributed by atoms with Gasteiger partial charge in [-0.1, -0.05) is 19.9 Å². The fourth-order valence-electron chi connectivity index (χ4n) is 3.70. The summed E-state index contributed by atoms with van der Waals surface area (Å²) < 4.78 is 0. The zero-order chi connectivity index (χ0) is 19.8. The van der Waals surface area contributed by atoms with E-state index >= 15 is 0 Å². The molecular formula is C20H23N3O4. The van der Waals surface area contributed by atoms with Crippen molar-refractivity contribution in [3.05, 3.63) is 36.0 Å². The van der Waals surface area contributed by atoms with Gasteiger partial charge in [0.1, 0.15) is 5.78 Å². The minimum atomic E-state index is -0.733. The lowest BCUT2D eigenvalue weighted by atomic mass is 9.69. The first-order valence-electron chi connectivity index (χ1n) is 8.88. The molecule has 0 spiro atoms. The van der Waals surface area contributed by atoms with Gasteiger partial charge in [-0.3, -0.25) is 19.2 Å². The van der Waals surface area contributed by atoms with Gasteiger partial charge in [-0.05, 0) is 29.7 Å².